The first-order valence-corrected chi connectivity index (χ1v) is 6.13. The number of hydrogen-bond acceptors (Lipinski definition) is 2. The van der Waals surface area contributed by atoms with Crippen molar-refractivity contribution in [1.29, 1.82) is 0 Å². The third-order valence-corrected chi connectivity index (χ3v) is 3.05. The van der Waals surface area contributed by atoms with Crippen molar-refractivity contribution in [2.75, 3.05) is 6.61 Å². The smallest absolute Gasteiger partial charge is 0.460 e. The predicted octanol–water partition coefficient (Wildman–Crippen LogP) is 3.86. The van der Waals surface area contributed by atoms with Crippen molar-refractivity contribution in [3.8, 4) is 0 Å². The summed E-state index contributed by atoms with van der Waals surface area (Å²) in [6, 6.07) is 7.41. The molecule has 0 bridgehead atoms. The molecule has 1 unspecified atom stereocenters. The van der Waals surface area contributed by atoms with Crippen molar-refractivity contribution >= 4 is 5.90 Å². The second-order valence-corrected chi connectivity index (χ2v) is 4.74. The van der Waals surface area contributed by atoms with Crippen molar-refractivity contribution in [2.45, 2.75) is 30.5 Å². The summed E-state index contributed by atoms with van der Waals surface area (Å²) in [4.78, 5) is 3.20. The zero-order valence-electron chi connectivity index (χ0n) is 10.9. The van der Waals surface area contributed by atoms with Gasteiger partial charge in [-0.1, -0.05) is 30.3 Å². The third kappa shape index (κ3) is 2.89. The molecule has 1 heterocycles. The molecule has 0 radical (unpaired) electrons. The lowest BCUT2D eigenvalue weighted by Gasteiger charge is -2.27. The summed E-state index contributed by atoms with van der Waals surface area (Å²) in [5.74, 6) is -13.7. The van der Waals surface area contributed by atoms with Gasteiger partial charge >= 0.3 is 18.0 Å². The van der Waals surface area contributed by atoms with E-state index in [0.717, 1.165) is 0 Å². The molecule has 0 fully saturated rings. The largest absolute Gasteiger partial charge is 0.474 e. The van der Waals surface area contributed by atoms with Crippen LogP contribution >= 0.6 is 0 Å². The van der Waals surface area contributed by atoms with Gasteiger partial charge < -0.3 is 4.74 Å². The van der Waals surface area contributed by atoms with Crippen molar-refractivity contribution in [3.05, 3.63) is 35.9 Å². The van der Waals surface area contributed by atoms with E-state index >= 15 is 0 Å². The maximum absolute atomic E-state index is 13.4. The highest BCUT2D eigenvalue weighted by Crippen LogP contribution is 2.47. The van der Waals surface area contributed by atoms with E-state index < -0.39 is 36.6 Å². The zero-order valence-corrected chi connectivity index (χ0v) is 10.9. The van der Waals surface area contributed by atoms with Crippen LogP contribution in [0.15, 0.2) is 35.3 Å². The molecule has 1 atom stereocenters. The van der Waals surface area contributed by atoms with E-state index in [1.54, 1.807) is 30.3 Å². The Kier molecular flexibility index (Phi) is 4.09. The van der Waals surface area contributed by atoms with Gasteiger partial charge in [0.05, 0.1) is 6.04 Å². The van der Waals surface area contributed by atoms with Crippen LogP contribution in [0.2, 0.25) is 0 Å². The molecule has 0 aliphatic carbocycles. The molecule has 0 saturated carbocycles. The van der Waals surface area contributed by atoms with Crippen LogP contribution in [0.4, 0.5) is 30.7 Å². The second kappa shape index (κ2) is 5.44. The molecule has 0 amide bonds. The Morgan fingerprint density at radius 2 is 1.59 bits per heavy atom. The maximum Gasteiger partial charge on any atom is 0.460 e. The first kappa shape index (κ1) is 16.6. The number of halogens is 7. The molecule has 1 aromatic rings. The number of nitrogens with zero attached hydrogens (tertiary/aromatic N) is 1. The lowest BCUT2D eigenvalue weighted by molar-refractivity contribution is -0.338. The Bertz CT molecular complexity index is 553. The Labute approximate surface area is 120 Å². The van der Waals surface area contributed by atoms with Crippen LogP contribution in [0, 0.1) is 0 Å². The summed E-state index contributed by atoms with van der Waals surface area (Å²) < 4.78 is 93.1. The van der Waals surface area contributed by atoms with Gasteiger partial charge in [-0.05, 0) is 12.0 Å². The molecule has 1 aromatic carbocycles. The number of alkyl halides is 7. The normalized spacial score (nSPS) is 19.8. The van der Waals surface area contributed by atoms with Gasteiger partial charge in [-0.3, -0.25) is 0 Å². The van der Waals surface area contributed by atoms with Gasteiger partial charge in [0, 0.05) is 0 Å². The fourth-order valence-electron chi connectivity index (χ4n) is 1.89. The summed E-state index contributed by atoms with van der Waals surface area (Å²) in [6.07, 6.45) is -6.31. The summed E-state index contributed by atoms with van der Waals surface area (Å²) in [5, 5.41) is 0. The van der Waals surface area contributed by atoms with E-state index in [-0.39, 0.29) is 6.42 Å². The summed E-state index contributed by atoms with van der Waals surface area (Å²) in [5.41, 5.74) is 0.673. The highest BCUT2D eigenvalue weighted by atomic mass is 19.4. The summed E-state index contributed by atoms with van der Waals surface area (Å²) >= 11 is 0. The highest BCUT2D eigenvalue weighted by Gasteiger charge is 2.76. The molecule has 1 aliphatic rings. The molecular formula is C13H10F7NO. The number of aliphatic imine (C=N–C) groups is 1. The highest BCUT2D eigenvalue weighted by molar-refractivity contribution is 5.86. The van der Waals surface area contributed by atoms with Gasteiger partial charge in [-0.25, -0.2) is 4.99 Å². The van der Waals surface area contributed by atoms with Crippen LogP contribution < -0.4 is 0 Å². The number of rotatable bonds is 4. The van der Waals surface area contributed by atoms with E-state index in [0.29, 0.717) is 5.56 Å². The Morgan fingerprint density at radius 1 is 1.00 bits per heavy atom. The predicted molar refractivity (Wildman–Crippen MR) is 63.3 cm³/mol. The Hall–Kier alpha value is -1.80. The van der Waals surface area contributed by atoms with Gasteiger partial charge in [-0.15, -0.1) is 0 Å². The number of benzene rings is 1. The van der Waals surface area contributed by atoms with Crippen LogP contribution in [0.5, 0.6) is 0 Å². The van der Waals surface area contributed by atoms with Crippen molar-refractivity contribution in [1.82, 2.24) is 0 Å². The summed E-state index contributed by atoms with van der Waals surface area (Å²) in [6.45, 7) is -0.478. The zero-order chi connectivity index (χ0) is 16.6. The fourth-order valence-corrected chi connectivity index (χ4v) is 1.89. The molecule has 2 rings (SSSR count). The SMILES string of the molecule is FC(F)(F)C(F)(F)C(F)(F)C1=NC(Cc2ccccc2)CO1. The number of ether oxygens (including phenoxy) is 1. The van der Waals surface area contributed by atoms with Crippen LogP contribution in [0.1, 0.15) is 5.56 Å². The van der Waals surface area contributed by atoms with Crippen LogP contribution in [0.3, 0.4) is 0 Å². The molecule has 1 aliphatic heterocycles. The average molecular weight is 329 g/mol. The standard InChI is InChI=1S/C13H10F7NO/c14-11(15,12(16,17)13(18,19)20)10-21-9(7-22-10)6-8-4-2-1-3-5-8/h1-5,9H,6-7H2. The van der Waals surface area contributed by atoms with Crippen LogP contribution in [-0.4, -0.2) is 36.6 Å². The minimum atomic E-state index is -6.40. The quantitative estimate of drug-likeness (QED) is 0.769. The molecule has 122 valence electrons. The molecule has 0 aromatic heterocycles. The lowest BCUT2D eigenvalue weighted by Crippen LogP contribution is -2.56. The summed E-state index contributed by atoms with van der Waals surface area (Å²) in [7, 11) is 0. The molecule has 0 spiro atoms. The molecular weight excluding hydrogens is 319 g/mol. The van der Waals surface area contributed by atoms with E-state index in [2.05, 4.69) is 9.73 Å². The van der Waals surface area contributed by atoms with E-state index in [1.807, 2.05) is 0 Å². The van der Waals surface area contributed by atoms with E-state index in [1.165, 1.54) is 0 Å². The average Bonchev–Trinajstić information content (AvgIpc) is 2.87. The second-order valence-electron chi connectivity index (χ2n) is 4.74. The first-order valence-electron chi connectivity index (χ1n) is 6.13. The van der Waals surface area contributed by atoms with Gasteiger partial charge in [0.1, 0.15) is 6.61 Å². The minimum Gasteiger partial charge on any atom is -0.474 e. The van der Waals surface area contributed by atoms with Crippen molar-refractivity contribution < 1.29 is 35.5 Å². The molecule has 22 heavy (non-hydrogen) atoms. The third-order valence-electron chi connectivity index (χ3n) is 3.05. The number of hydrogen-bond donors (Lipinski definition) is 0. The monoisotopic (exact) mass is 329 g/mol. The Balaban J connectivity index is 2.18. The van der Waals surface area contributed by atoms with Gasteiger partial charge in [0.2, 0.25) is 0 Å². The first-order chi connectivity index (χ1) is 10.1. The van der Waals surface area contributed by atoms with E-state index in [4.69, 9.17) is 0 Å². The van der Waals surface area contributed by atoms with Crippen LogP contribution in [-0.2, 0) is 11.2 Å². The van der Waals surface area contributed by atoms with Crippen LogP contribution in [0.25, 0.3) is 0 Å². The maximum atomic E-state index is 13.4. The van der Waals surface area contributed by atoms with E-state index in [9.17, 15) is 30.7 Å². The van der Waals surface area contributed by atoms with Gasteiger partial charge in [0.15, 0.2) is 0 Å². The van der Waals surface area contributed by atoms with Gasteiger partial charge in [0.25, 0.3) is 5.90 Å². The molecule has 2 nitrogen and oxygen atoms in total. The lowest BCUT2D eigenvalue weighted by atomic mass is 10.1. The fraction of sp³-hybridized carbons (Fsp3) is 0.462. The molecule has 0 N–H and O–H groups in total. The molecule has 9 heteroatoms. The Morgan fingerprint density at radius 3 is 2.14 bits per heavy atom. The minimum absolute atomic E-state index is 0.0952. The molecule has 0 saturated heterocycles. The van der Waals surface area contributed by atoms with Gasteiger partial charge in [-0.2, -0.15) is 30.7 Å². The van der Waals surface area contributed by atoms with Crippen molar-refractivity contribution in [3.63, 3.8) is 0 Å². The van der Waals surface area contributed by atoms with Crippen molar-refractivity contribution in [2.24, 2.45) is 4.99 Å². The topological polar surface area (TPSA) is 21.6 Å².